The zero-order chi connectivity index (χ0) is 49.7. The molecule has 0 amide bonds. The molecule has 1 heterocycles. The van der Waals surface area contributed by atoms with Gasteiger partial charge in [0.05, 0.1) is 11.4 Å². The molecule has 0 unspecified atom stereocenters. The summed E-state index contributed by atoms with van der Waals surface area (Å²) in [6.07, 6.45) is 0. The summed E-state index contributed by atoms with van der Waals surface area (Å²) in [5, 5.41) is 9.40. The Morgan fingerprint density at radius 1 is 0.213 bits per heavy atom. The van der Waals surface area contributed by atoms with Crippen LogP contribution in [0.15, 0.2) is 296 Å². The van der Waals surface area contributed by atoms with Crippen molar-refractivity contribution in [2.75, 3.05) is 9.80 Å². The Hall–Kier alpha value is -9.96. The van der Waals surface area contributed by atoms with Crippen molar-refractivity contribution in [1.82, 2.24) is 0 Å². The molecule has 0 saturated carbocycles. The van der Waals surface area contributed by atoms with Crippen molar-refractivity contribution >= 4 is 88.4 Å². The maximum Gasteiger partial charge on any atom is 0.137 e. The number of benzene rings is 13. The molecule has 14 rings (SSSR count). The Morgan fingerprint density at radius 3 is 1.37 bits per heavy atom. The van der Waals surface area contributed by atoms with E-state index in [0.717, 1.165) is 89.4 Å². The van der Waals surface area contributed by atoms with E-state index < -0.39 is 0 Å². The highest BCUT2D eigenvalue weighted by Crippen LogP contribution is 2.45. The van der Waals surface area contributed by atoms with E-state index in [1.54, 1.807) is 0 Å². The van der Waals surface area contributed by atoms with Gasteiger partial charge in [0.15, 0.2) is 0 Å². The fourth-order valence-corrected chi connectivity index (χ4v) is 11.2. The molecular formula is C72H48N2O. The predicted molar refractivity (Wildman–Crippen MR) is 317 cm³/mol. The number of furan rings is 1. The normalized spacial score (nSPS) is 11.5. The van der Waals surface area contributed by atoms with Crippen LogP contribution in [-0.4, -0.2) is 0 Å². The third kappa shape index (κ3) is 7.95. The average molecular weight is 957 g/mol. The fraction of sp³-hybridized carbons (Fsp3) is 0. The van der Waals surface area contributed by atoms with Gasteiger partial charge in [0.25, 0.3) is 0 Å². The van der Waals surface area contributed by atoms with Crippen LogP contribution in [0.2, 0.25) is 0 Å². The largest absolute Gasteiger partial charge is 0.456 e. The Balaban J connectivity index is 0.806. The number of hydrogen-bond acceptors (Lipinski definition) is 3. The number of hydrogen-bond donors (Lipinski definition) is 0. The minimum absolute atomic E-state index is 0.850. The van der Waals surface area contributed by atoms with E-state index in [1.807, 2.05) is 0 Å². The fourth-order valence-electron chi connectivity index (χ4n) is 11.2. The number of anilines is 6. The SMILES string of the molecule is c1ccc(-c2cccc3ccc(N(c4cccc(-c5ccc(-c6ccccc6-c6ccc7c(c6)oc6cc(N(c8ccccc8)c8cccc9ccccc89)ccc67)cc5)c4)c4cccc5ccccc45)cc23)cc1. The lowest BCUT2D eigenvalue weighted by Crippen LogP contribution is -2.10. The van der Waals surface area contributed by atoms with Crippen LogP contribution in [0.25, 0.3) is 98.8 Å². The molecule has 0 atom stereocenters. The van der Waals surface area contributed by atoms with Crippen LogP contribution in [0.5, 0.6) is 0 Å². The highest BCUT2D eigenvalue weighted by atomic mass is 16.3. The van der Waals surface area contributed by atoms with E-state index in [1.165, 1.54) is 43.4 Å². The molecule has 0 fully saturated rings. The van der Waals surface area contributed by atoms with Crippen molar-refractivity contribution in [2.45, 2.75) is 0 Å². The zero-order valence-corrected chi connectivity index (χ0v) is 41.0. The summed E-state index contributed by atoms with van der Waals surface area (Å²) in [5.74, 6) is 0. The van der Waals surface area contributed by atoms with Crippen LogP contribution in [0.4, 0.5) is 34.1 Å². The van der Waals surface area contributed by atoms with Gasteiger partial charge in [-0.15, -0.1) is 0 Å². The lowest BCUT2D eigenvalue weighted by molar-refractivity contribution is 0.669. The smallest absolute Gasteiger partial charge is 0.137 e. The second kappa shape index (κ2) is 18.6. The lowest BCUT2D eigenvalue weighted by atomic mass is 9.93. The van der Waals surface area contributed by atoms with Crippen LogP contribution in [0.1, 0.15) is 0 Å². The molecule has 1 aromatic heterocycles. The number of rotatable bonds is 10. The molecule has 3 nitrogen and oxygen atoms in total. The number of nitrogens with zero attached hydrogens (tertiary/aromatic N) is 2. The van der Waals surface area contributed by atoms with Gasteiger partial charge in [-0.1, -0.05) is 212 Å². The Morgan fingerprint density at radius 2 is 0.653 bits per heavy atom. The highest BCUT2D eigenvalue weighted by Gasteiger charge is 2.20. The molecule has 75 heavy (non-hydrogen) atoms. The molecule has 352 valence electrons. The summed E-state index contributed by atoms with van der Waals surface area (Å²) in [6, 6.07) is 105. The van der Waals surface area contributed by atoms with Crippen molar-refractivity contribution in [3.05, 3.63) is 291 Å². The Bertz CT molecular complexity index is 4410. The van der Waals surface area contributed by atoms with Crippen molar-refractivity contribution in [3.8, 4) is 44.5 Å². The molecule has 0 spiro atoms. The molecule has 0 bridgehead atoms. The van der Waals surface area contributed by atoms with Gasteiger partial charge in [0.2, 0.25) is 0 Å². The van der Waals surface area contributed by atoms with Crippen molar-refractivity contribution in [2.24, 2.45) is 0 Å². The van der Waals surface area contributed by atoms with Crippen molar-refractivity contribution < 1.29 is 4.42 Å². The van der Waals surface area contributed by atoms with Gasteiger partial charge in [-0.3, -0.25) is 0 Å². The lowest BCUT2D eigenvalue weighted by Gasteiger charge is -2.28. The minimum atomic E-state index is 0.850. The number of fused-ring (bicyclic) bond motifs is 6. The summed E-state index contributed by atoms with van der Waals surface area (Å²) < 4.78 is 6.79. The van der Waals surface area contributed by atoms with Crippen LogP contribution >= 0.6 is 0 Å². The first-order chi connectivity index (χ1) is 37.2. The van der Waals surface area contributed by atoms with E-state index in [-0.39, 0.29) is 0 Å². The van der Waals surface area contributed by atoms with Gasteiger partial charge in [-0.2, -0.15) is 0 Å². The summed E-state index contributed by atoms with van der Waals surface area (Å²) >= 11 is 0. The summed E-state index contributed by atoms with van der Waals surface area (Å²) in [4.78, 5) is 4.74. The molecule has 13 aromatic carbocycles. The highest BCUT2D eigenvalue weighted by molar-refractivity contribution is 6.09. The summed E-state index contributed by atoms with van der Waals surface area (Å²) in [6.45, 7) is 0. The molecule has 0 radical (unpaired) electrons. The summed E-state index contributed by atoms with van der Waals surface area (Å²) in [5.41, 5.74) is 17.6. The van der Waals surface area contributed by atoms with Crippen LogP contribution < -0.4 is 9.80 Å². The maximum absolute atomic E-state index is 6.79. The van der Waals surface area contributed by atoms with Gasteiger partial charge >= 0.3 is 0 Å². The minimum Gasteiger partial charge on any atom is -0.456 e. The van der Waals surface area contributed by atoms with Gasteiger partial charge in [-0.05, 0) is 139 Å². The molecule has 0 aliphatic heterocycles. The van der Waals surface area contributed by atoms with Gasteiger partial charge in [0.1, 0.15) is 11.2 Å². The van der Waals surface area contributed by atoms with E-state index in [4.69, 9.17) is 4.42 Å². The third-order valence-corrected chi connectivity index (χ3v) is 14.8. The molecule has 0 aliphatic carbocycles. The summed E-state index contributed by atoms with van der Waals surface area (Å²) in [7, 11) is 0. The van der Waals surface area contributed by atoms with E-state index in [0.29, 0.717) is 0 Å². The first kappa shape index (κ1) is 43.8. The topological polar surface area (TPSA) is 19.6 Å². The molecular weight excluding hydrogens is 909 g/mol. The van der Waals surface area contributed by atoms with Gasteiger partial charge in [0, 0.05) is 50.4 Å². The van der Waals surface area contributed by atoms with Crippen LogP contribution in [0, 0.1) is 0 Å². The van der Waals surface area contributed by atoms with Gasteiger partial charge < -0.3 is 14.2 Å². The monoisotopic (exact) mass is 956 g/mol. The third-order valence-electron chi connectivity index (χ3n) is 14.8. The molecule has 3 heteroatoms. The first-order valence-electron chi connectivity index (χ1n) is 25.6. The second-order valence-electron chi connectivity index (χ2n) is 19.2. The van der Waals surface area contributed by atoms with Crippen LogP contribution in [-0.2, 0) is 0 Å². The zero-order valence-electron chi connectivity index (χ0n) is 41.0. The van der Waals surface area contributed by atoms with E-state index in [2.05, 4.69) is 301 Å². The first-order valence-corrected chi connectivity index (χ1v) is 25.6. The predicted octanol–water partition coefficient (Wildman–Crippen LogP) is 20.7. The standard InChI is InChI=1S/C72H48N2O/c1-3-17-50(18-4-1)62-32-14-21-53-39-41-59(47-68(53)62)74(70-34-16-23-52-20-8-10-31-65(52)70)58-27-13-24-55(45-58)49-35-37-54(38-36-49)61-28-11-12-29-63(61)56-40-43-66-67-44-42-60(48-72(67)75-71(66)46-56)73(57-25-5-2-6-26-57)69-33-15-22-51-19-7-9-30-64(51)69/h1-48H. The van der Waals surface area contributed by atoms with E-state index >= 15 is 0 Å². The van der Waals surface area contributed by atoms with Crippen molar-refractivity contribution in [1.29, 1.82) is 0 Å². The van der Waals surface area contributed by atoms with Gasteiger partial charge in [-0.25, -0.2) is 0 Å². The number of para-hydroxylation sites is 1. The Labute approximate surface area is 436 Å². The molecule has 0 N–H and O–H groups in total. The Kier molecular flexibility index (Phi) is 10.8. The molecule has 14 aromatic rings. The second-order valence-corrected chi connectivity index (χ2v) is 19.2. The maximum atomic E-state index is 6.79. The molecule has 0 saturated heterocycles. The van der Waals surface area contributed by atoms with Crippen LogP contribution in [0.3, 0.4) is 0 Å². The quantitative estimate of drug-likeness (QED) is 0.136. The van der Waals surface area contributed by atoms with E-state index in [9.17, 15) is 0 Å². The molecule has 0 aliphatic rings. The van der Waals surface area contributed by atoms with Crippen molar-refractivity contribution in [3.63, 3.8) is 0 Å². The average Bonchev–Trinajstić information content (AvgIpc) is 3.86.